The number of urea groups is 1. The number of benzene rings is 1. The Hall–Kier alpha value is -2.47. The van der Waals surface area contributed by atoms with Crippen LogP contribution in [0.25, 0.3) is 0 Å². The Morgan fingerprint density at radius 3 is 2.52 bits per heavy atom. The van der Waals surface area contributed by atoms with E-state index < -0.39 is 23.3 Å². The van der Waals surface area contributed by atoms with Crippen molar-refractivity contribution in [3.8, 4) is 0 Å². The van der Waals surface area contributed by atoms with Gasteiger partial charge in [-0.1, -0.05) is 44.2 Å². The molecule has 0 aliphatic carbocycles. The first-order chi connectivity index (χ1) is 10.9. The van der Waals surface area contributed by atoms with Crippen molar-refractivity contribution in [3.05, 3.63) is 60.0 Å². The highest BCUT2D eigenvalue weighted by Crippen LogP contribution is 2.32. The minimum Gasteiger partial charge on any atom is -0.396 e. The fraction of sp³-hybridized carbons (Fsp3) is 0.294. The second kappa shape index (κ2) is 7.19. The highest BCUT2D eigenvalue weighted by atomic mass is 19.1. The summed E-state index contributed by atoms with van der Waals surface area (Å²) in [6.07, 6.45) is 1.03. The van der Waals surface area contributed by atoms with Gasteiger partial charge in [0.25, 0.3) is 0 Å². The second-order valence-electron chi connectivity index (χ2n) is 5.95. The zero-order chi connectivity index (χ0) is 16.9. The van der Waals surface area contributed by atoms with E-state index in [2.05, 4.69) is 15.6 Å². The summed E-state index contributed by atoms with van der Waals surface area (Å²) in [4.78, 5) is 16.0. The number of carbonyl (C=O) groups is 1. The van der Waals surface area contributed by atoms with E-state index in [9.17, 15) is 14.3 Å². The molecule has 0 saturated carbocycles. The van der Waals surface area contributed by atoms with Crippen molar-refractivity contribution in [1.82, 2.24) is 10.3 Å². The number of halogens is 1. The van der Waals surface area contributed by atoms with E-state index in [4.69, 9.17) is 0 Å². The van der Waals surface area contributed by atoms with Gasteiger partial charge in [0.05, 0.1) is 18.8 Å². The lowest BCUT2D eigenvalue weighted by Gasteiger charge is -2.33. The van der Waals surface area contributed by atoms with Crippen molar-refractivity contribution in [2.45, 2.75) is 19.9 Å². The van der Waals surface area contributed by atoms with Gasteiger partial charge in [-0.25, -0.2) is 14.2 Å². The summed E-state index contributed by atoms with van der Waals surface area (Å²) >= 11 is 0. The van der Waals surface area contributed by atoms with Crippen molar-refractivity contribution in [3.63, 3.8) is 0 Å². The highest BCUT2D eigenvalue weighted by molar-refractivity contribution is 5.88. The lowest BCUT2D eigenvalue weighted by Crippen LogP contribution is -2.42. The van der Waals surface area contributed by atoms with Gasteiger partial charge >= 0.3 is 6.03 Å². The van der Waals surface area contributed by atoms with E-state index in [1.165, 1.54) is 12.1 Å². The molecule has 6 heteroatoms. The van der Waals surface area contributed by atoms with Crippen molar-refractivity contribution in [2.24, 2.45) is 5.41 Å². The number of carbonyl (C=O) groups excluding carboxylic acids is 1. The molecular weight excluding hydrogens is 297 g/mol. The van der Waals surface area contributed by atoms with Crippen molar-refractivity contribution >= 4 is 11.8 Å². The summed E-state index contributed by atoms with van der Waals surface area (Å²) in [5, 5.41) is 15.0. The number of hydrogen-bond donors (Lipinski definition) is 3. The van der Waals surface area contributed by atoms with Crippen LogP contribution in [0.3, 0.4) is 0 Å². The Morgan fingerprint density at radius 2 is 1.96 bits per heavy atom. The SMILES string of the molecule is CC(C)(CO)C(NC(=O)Nc1ccc(F)cn1)c1ccccc1. The Labute approximate surface area is 134 Å². The zero-order valence-corrected chi connectivity index (χ0v) is 13.1. The minimum absolute atomic E-state index is 0.0956. The topological polar surface area (TPSA) is 74.2 Å². The summed E-state index contributed by atoms with van der Waals surface area (Å²) in [7, 11) is 0. The molecule has 3 N–H and O–H groups in total. The smallest absolute Gasteiger partial charge is 0.320 e. The summed E-state index contributed by atoms with van der Waals surface area (Å²) in [6, 6.07) is 11.1. The number of nitrogens with one attached hydrogen (secondary N) is 2. The van der Waals surface area contributed by atoms with Gasteiger partial charge in [0, 0.05) is 5.41 Å². The Morgan fingerprint density at radius 1 is 1.26 bits per heavy atom. The molecule has 1 aromatic carbocycles. The number of rotatable bonds is 5. The molecule has 1 atom stereocenters. The van der Waals surface area contributed by atoms with Crippen LogP contribution in [0.4, 0.5) is 15.0 Å². The van der Waals surface area contributed by atoms with Crippen LogP contribution < -0.4 is 10.6 Å². The first-order valence-electron chi connectivity index (χ1n) is 7.27. The molecule has 0 saturated heterocycles. The summed E-state index contributed by atoms with van der Waals surface area (Å²) < 4.78 is 12.8. The summed E-state index contributed by atoms with van der Waals surface area (Å²) in [5.41, 5.74) is 0.323. The van der Waals surface area contributed by atoms with Crippen molar-refractivity contribution in [2.75, 3.05) is 11.9 Å². The van der Waals surface area contributed by atoms with Crippen LogP contribution in [0.5, 0.6) is 0 Å². The fourth-order valence-electron chi connectivity index (χ4n) is 2.20. The molecule has 1 heterocycles. The van der Waals surface area contributed by atoms with Gasteiger partial charge in [-0.2, -0.15) is 0 Å². The zero-order valence-electron chi connectivity index (χ0n) is 13.1. The molecule has 23 heavy (non-hydrogen) atoms. The third-order valence-electron chi connectivity index (χ3n) is 3.57. The molecule has 5 nitrogen and oxygen atoms in total. The minimum atomic E-state index is -0.561. The normalized spacial score (nSPS) is 12.5. The van der Waals surface area contributed by atoms with Gasteiger partial charge in [-0.05, 0) is 17.7 Å². The van der Waals surface area contributed by atoms with Gasteiger partial charge in [0.1, 0.15) is 11.6 Å². The average molecular weight is 317 g/mol. The third kappa shape index (κ3) is 4.50. The van der Waals surface area contributed by atoms with E-state index in [1.54, 1.807) is 0 Å². The predicted molar refractivity (Wildman–Crippen MR) is 86.4 cm³/mol. The Bertz CT molecular complexity index is 645. The van der Waals surface area contributed by atoms with Crippen LogP contribution in [-0.4, -0.2) is 22.7 Å². The highest BCUT2D eigenvalue weighted by Gasteiger charge is 2.31. The van der Waals surface area contributed by atoms with E-state index in [-0.39, 0.29) is 12.4 Å². The van der Waals surface area contributed by atoms with Crippen LogP contribution in [-0.2, 0) is 0 Å². The third-order valence-corrected chi connectivity index (χ3v) is 3.57. The molecule has 0 aliphatic rings. The van der Waals surface area contributed by atoms with Gasteiger partial charge in [-0.15, -0.1) is 0 Å². The summed E-state index contributed by atoms with van der Waals surface area (Å²) in [5.74, 6) is -0.225. The lowest BCUT2D eigenvalue weighted by atomic mass is 9.81. The largest absolute Gasteiger partial charge is 0.396 e. The van der Waals surface area contributed by atoms with Crippen LogP contribution >= 0.6 is 0 Å². The predicted octanol–water partition coefficient (Wildman–Crippen LogP) is 3.10. The first kappa shape index (κ1) is 16.9. The van der Waals surface area contributed by atoms with Crippen molar-refractivity contribution in [1.29, 1.82) is 0 Å². The lowest BCUT2D eigenvalue weighted by molar-refractivity contribution is 0.119. The number of hydrogen-bond acceptors (Lipinski definition) is 3. The molecule has 0 fully saturated rings. The fourth-order valence-corrected chi connectivity index (χ4v) is 2.20. The average Bonchev–Trinajstić information content (AvgIpc) is 2.55. The second-order valence-corrected chi connectivity index (χ2v) is 5.95. The standard InChI is InChI=1S/C17H20FN3O2/c1-17(2,11-22)15(12-6-4-3-5-7-12)21-16(23)20-14-9-8-13(18)10-19-14/h3-10,15,22H,11H2,1-2H3,(H2,19,20,21,23). The number of nitrogens with zero attached hydrogens (tertiary/aromatic N) is 1. The molecule has 2 rings (SSSR count). The van der Waals surface area contributed by atoms with Crippen LogP contribution in [0.1, 0.15) is 25.5 Å². The molecule has 1 aromatic heterocycles. The molecule has 0 aliphatic heterocycles. The van der Waals surface area contributed by atoms with E-state index in [0.29, 0.717) is 0 Å². The first-order valence-corrected chi connectivity index (χ1v) is 7.27. The van der Waals surface area contributed by atoms with Gasteiger partial charge in [0.15, 0.2) is 0 Å². The molecule has 2 amide bonds. The van der Waals surface area contributed by atoms with Gasteiger partial charge in [-0.3, -0.25) is 5.32 Å². The molecule has 0 bridgehead atoms. The van der Waals surface area contributed by atoms with Crippen LogP contribution in [0.15, 0.2) is 48.7 Å². The maximum Gasteiger partial charge on any atom is 0.320 e. The molecule has 0 spiro atoms. The van der Waals surface area contributed by atoms with E-state index in [1.807, 2.05) is 44.2 Å². The van der Waals surface area contributed by atoms with Crippen LogP contribution in [0.2, 0.25) is 0 Å². The maximum atomic E-state index is 12.8. The quantitative estimate of drug-likeness (QED) is 0.793. The molecule has 122 valence electrons. The summed E-state index contributed by atoms with van der Waals surface area (Å²) in [6.45, 7) is 3.63. The molecule has 2 aromatic rings. The van der Waals surface area contributed by atoms with E-state index in [0.717, 1.165) is 11.8 Å². The van der Waals surface area contributed by atoms with Crippen molar-refractivity contribution < 1.29 is 14.3 Å². The van der Waals surface area contributed by atoms with Gasteiger partial charge in [0.2, 0.25) is 0 Å². The van der Waals surface area contributed by atoms with Gasteiger partial charge < -0.3 is 10.4 Å². The number of aliphatic hydroxyl groups excluding tert-OH is 1. The molecule has 0 radical (unpaired) electrons. The molecule has 1 unspecified atom stereocenters. The monoisotopic (exact) mass is 317 g/mol. The van der Waals surface area contributed by atoms with E-state index >= 15 is 0 Å². The Balaban J connectivity index is 2.14. The Kier molecular flexibility index (Phi) is 5.28. The number of anilines is 1. The number of aromatic nitrogens is 1. The number of pyridine rings is 1. The number of aliphatic hydroxyl groups is 1. The number of amides is 2. The maximum absolute atomic E-state index is 12.8. The molecular formula is C17H20FN3O2. The van der Waals surface area contributed by atoms with Crippen LogP contribution in [0, 0.1) is 11.2 Å².